The fourth-order valence-electron chi connectivity index (χ4n) is 3.01. The van der Waals surface area contributed by atoms with Gasteiger partial charge in [0.25, 0.3) is 11.8 Å². The highest BCUT2D eigenvalue weighted by atomic mass is 19.1. The van der Waals surface area contributed by atoms with Crippen LogP contribution in [0.2, 0.25) is 0 Å². The lowest BCUT2D eigenvalue weighted by Crippen LogP contribution is -2.52. The summed E-state index contributed by atoms with van der Waals surface area (Å²) in [7, 11) is 0. The van der Waals surface area contributed by atoms with Crippen LogP contribution in [-0.2, 0) is 15.1 Å². The number of amides is 4. The van der Waals surface area contributed by atoms with E-state index in [1.54, 1.807) is 0 Å². The summed E-state index contributed by atoms with van der Waals surface area (Å²) in [4.78, 5) is 37.9. The van der Waals surface area contributed by atoms with Crippen LogP contribution in [0.1, 0.15) is 31.7 Å². The Labute approximate surface area is 126 Å². The van der Waals surface area contributed by atoms with Gasteiger partial charge in [-0.15, -0.1) is 0 Å². The first-order chi connectivity index (χ1) is 10.5. The number of nitrogens with zero attached hydrogens (tertiary/aromatic N) is 1. The number of anilines is 1. The predicted octanol–water partition coefficient (Wildman–Crippen LogP) is 1.40. The highest BCUT2D eigenvalue weighted by Crippen LogP contribution is 2.42. The van der Waals surface area contributed by atoms with Gasteiger partial charge in [-0.05, 0) is 24.6 Å². The van der Waals surface area contributed by atoms with Gasteiger partial charge in [-0.1, -0.05) is 19.8 Å². The number of rotatable bonds is 4. The molecule has 3 rings (SSSR count). The number of carbonyl (C=O) groups is 3. The summed E-state index contributed by atoms with van der Waals surface area (Å²) in [6.45, 7) is 2.47. The lowest BCUT2D eigenvalue weighted by molar-refractivity contribution is -0.133. The van der Waals surface area contributed by atoms with Crippen molar-refractivity contribution < 1.29 is 18.8 Å². The van der Waals surface area contributed by atoms with Crippen molar-refractivity contribution in [1.29, 1.82) is 0 Å². The summed E-state index contributed by atoms with van der Waals surface area (Å²) in [5.74, 6) is -1.85. The van der Waals surface area contributed by atoms with Crippen LogP contribution < -0.4 is 15.5 Å². The Morgan fingerprint density at radius 3 is 2.64 bits per heavy atom. The molecule has 1 unspecified atom stereocenters. The van der Waals surface area contributed by atoms with Crippen molar-refractivity contribution >= 4 is 23.5 Å². The Morgan fingerprint density at radius 2 is 2.00 bits per heavy atom. The van der Waals surface area contributed by atoms with Crippen molar-refractivity contribution in [2.24, 2.45) is 0 Å². The number of halogens is 1. The Kier molecular flexibility index (Phi) is 3.35. The Bertz CT molecular complexity index is 676. The molecule has 4 amide bonds. The van der Waals surface area contributed by atoms with Crippen LogP contribution in [0.15, 0.2) is 18.2 Å². The fourth-order valence-corrected chi connectivity index (χ4v) is 3.01. The molecule has 0 aliphatic carbocycles. The number of hydrogen-bond acceptors (Lipinski definition) is 3. The Morgan fingerprint density at radius 1 is 1.23 bits per heavy atom. The van der Waals surface area contributed by atoms with E-state index in [1.165, 1.54) is 17.0 Å². The van der Waals surface area contributed by atoms with Crippen molar-refractivity contribution in [2.45, 2.75) is 31.7 Å². The zero-order valence-corrected chi connectivity index (χ0v) is 12.1. The van der Waals surface area contributed by atoms with Crippen molar-refractivity contribution in [3.8, 4) is 0 Å². The van der Waals surface area contributed by atoms with Gasteiger partial charge < -0.3 is 10.2 Å². The third-order valence-electron chi connectivity index (χ3n) is 4.07. The second-order valence-electron chi connectivity index (χ2n) is 5.48. The van der Waals surface area contributed by atoms with E-state index in [9.17, 15) is 18.8 Å². The third kappa shape index (κ3) is 1.88. The van der Waals surface area contributed by atoms with Crippen LogP contribution in [-0.4, -0.2) is 24.4 Å². The molecule has 7 heteroatoms. The van der Waals surface area contributed by atoms with Gasteiger partial charge in [0.2, 0.25) is 5.54 Å². The van der Waals surface area contributed by atoms with E-state index < -0.39 is 29.2 Å². The highest BCUT2D eigenvalue weighted by Gasteiger charge is 2.61. The van der Waals surface area contributed by atoms with E-state index in [1.807, 2.05) is 6.92 Å². The maximum Gasteiger partial charge on any atom is 0.323 e. The number of hydrogen-bond donors (Lipinski definition) is 2. The van der Waals surface area contributed by atoms with Crippen LogP contribution in [0.3, 0.4) is 0 Å². The number of fused-ring (bicyclic) bond motifs is 2. The quantitative estimate of drug-likeness (QED) is 0.501. The average molecular weight is 305 g/mol. The molecule has 1 fully saturated rings. The Hall–Kier alpha value is -2.44. The summed E-state index contributed by atoms with van der Waals surface area (Å²) in [6, 6.07) is 3.11. The van der Waals surface area contributed by atoms with Gasteiger partial charge in [0.1, 0.15) is 5.82 Å². The molecule has 2 heterocycles. The standard InChI is InChI=1S/C15H16FN3O3/c1-2-3-4-7-19-11-6-5-9(16)8-10(11)15(13(19)21)12(20)17-14(22)18-15/h5-6,8H,2-4,7H2,1H3,(H2,17,18,20,22). The number of unbranched alkanes of at least 4 members (excludes halogenated alkanes) is 2. The molecule has 6 nitrogen and oxygen atoms in total. The molecule has 0 aromatic heterocycles. The topological polar surface area (TPSA) is 78.5 Å². The van der Waals surface area contributed by atoms with E-state index in [0.717, 1.165) is 25.3 Å². The average Bonchev–Trinajstić information content (AvgIpc) is 2.89. The van der Waals surface area contributed by atoms with E-state index in [4.69, 9.17) is 0 Å². The molecule has 1 atom stereocenters. The van der Waals surface area contributed by atoms with Gasteiger partial charge in [-0.3, -0.25) is 14.9 Å². The van der Waals surface area contributed by atoms with E-state index in [0.29, 0.717) is 12.2 Å². The molecule has 0 radical (unpaired) electrons. The van der Waals surface area contributed by atoms with Crippen molar-refractivity contribution in [3.05, 3.63) is 29.6 Å². The van der Waals surface area contributed by atoms with Crippen LogP contribution in [0.4, 0.5) is 14.9 Å². The zero-order valence-electron chi connectivity index (χ0n) is 12.1. The highest BCUT2D eigenvalue weighted by molar-refractivity contribution is 6.27. The van der Waals surface area contributed by atoms with Crippen molar-refractivity contribution in [1.82, 2.24) is 10.6 Å². The fraction of sp³-hybridized carbons (Fsp3) is 0.400. The van der Waals surface area contributed by atoms with Gasteiger partial charge in [-0.2, -0.15) is 0 Å². The lowest BCUT2D eigenvalue weighted by Gasteiger charge is -2.21. The minimum absolute atomic E-state index is 0.192. The van der Waals surface area contributed by atoms with Crippen molar-refractivity contribution in [3.63, 3.8) is 0 Å². The minimum Gasteiger partial charge on any atom is -0.312 e. The van der Waals surface area contributed by atoms with Gasteiger partial charge in [0, 0.05) is 12.1 Å². The smallest absolute Gasteiger partial charge is 0.312 e. The maximum absolute atomic E-state index is 13.6. The second-order valence-corrected chi connectivity index (χ2v) is 5.48. The van der Waals surface area contributed by atoms with Gasteiger partial charge in [0.15, 0.2) is 0 Å². The summed E-state index contributed by atoms with van der Waals surface area (Å²) in [6.07, 6.45) is 2.69. The number of benzene rings is 1. The first kappa shape index (κ1) is 14.5. The summed E-state index contributed by atoms with van der Waals surface area (Å²) in [5, 5.41) is 4.44. The first-order valence-electron chi connectivity index (χ1n) is 7.26. The molecule has 0 saturated carbocycles. The molecular weight excluding hydrogens is 289 g/mol. The molecule has 1 spiro atoms. The second kappa shape index (κ2) is 5.08. The normalized spacial score (nSPS) is 23.0. The molecule has 1 aromatic rings. The molecule has 2 aliphatic rings. The molecule has 1 aromatic carbocycles. The van der Waals surface area contributed by atoms with Crippen LogP contribution in [0.5, 0.6) is 0 Å². The van der Waals surface area contributed by atoms with Crippen LogP contribution >= 0.6 is 0 Å². The van der Waals surface area contributed by atoms with Crippen LogP contribution in [0.25, 0.3) is 0 Å². The molecule has 0 bridgehead atoms. The lowest BCUT2D eigenvalue weighted by atomic mass is 9.91. The molecule has 2 aliphatic heterocycles. The van der Waals surface area contributed by atoms with E-state index >= 15 is 0 Å². The Balaban J connectivity index is 2.07. The minimum atomic E-state index is -1.83. The molecule has 116 valence electrons. The summed E-state index contributed by atoms with van der Waals surface area (Å²) in [5.41, 5.74) is -1.17. The van der Waals surface area contributed by atoms with Gasteiger partial charge >= 0.3 is 6.03 Å². The van der Waals surface area contributed by atoms with Gasteiger partial charge in [0.05, 0.1) is 5.69 Å². The number of carbonyl (C=O) groups excluding carboxylic acids is 3. The zero-order chi connectivity index (χ0) is 15.9. The number of urea groups is 1. The predicted molar refractivity (Wildman–Crippen MR) is 76.6 cm³/mol. The van der Waals surface area contributed by atoms with Crippen LogP contribution in [0, 0.1) is 5.82 Å². The maximum atomic E-state index is 13.6. The van der Waals surface area contributed by atoms with Gasteiger partial charge in [-0.25, -0.2) is 9.18 Å². The van der Waals surface area contributed by atoms with E-state index in [-0.39, 0.29) is 5.56 Å². The molecule has 1 saturated heterocycles. The molecular formula is C15H16FN3O3. The largest absolute Gasteiger partial charge is 0.323 e. The third-order valence-corrected chi connectivity index (χ3v) is 4.07. The van der Waals surface area contributed by atoms with E-state index in [2.05, 4.69) is 10.6 Å². The number of nitrogens with one attached hydrogen (secondary N) is 2. The van der Waals surface area contributed by atoms with Crippen molar-refractivity contribution in [2.75, 3.05) is 11.4 Å². The molecule has 22 heavy (non-hydrogen) atoms. The monoisotopic (exact) mass is 305 g/mol. The molecule has 2 N–H and O–H groups in total. The SMILES string of the molecule is CCCCCN1C(=O)C2(NC(=O)NC2=O)c2cc(F)ccc21. The summed E-state index contributed by atoms with van der Waals surface area (Å²) < 4.78 is 13.6. The summed E-state index contributed by atoms with van der Waals surface area (Å²) >= 11 is 0. The first-order valence-corrected chi connectivity index (χ1v) is 7.26. The number of imide groups is 1.